The van der Waals surface area contributed by atoms with Crippen molar-refractivity contribution in [3.63, 3.8) is 0 Å². The molecule has 140 valence electrons. The van der Waals surface area contributed by atoms with E-state index >= 15 is 0 Å². The van der Waals surface area contributed by atoms with Gasteiger partial charge in [-0.3, -0.25) is 9.59 Å². The predicted octanol–water partition coefficient (Wildman–Crippen LogP) is 4.69. The van der Waals surface area contributed by atoms with Crippen molar-refractivity contribution in [3.05, 3.63) is 62.6 Å². The van der Waals surface area contributed by atoms with Gasteiger partial charge in [0, 0.05) is 22.9 Å². The highest BCUT2D eigenvalue weighted by Gasteiger charge is 2.19. The molecule has 0 spiro atoms. The van der Waals surface area contributed by atoms with Gasteiger partial charge in [0.25, 0.3) is 0 Å². The Morgan fingerprint density at radius 1 is 1.19 bits per heavy atom. The summed E-state index contributed by atoms with van der Waals surface area (Å²) in [4.78, 5) is 23.9. The molecule has 0 bridgehead atoms. The van der Waals surface area contributed by atoms with Crippen molar-refractivity contribution in [2.75, 3.05) is 6.61 Å². The van der Waals surface area contributed by atoms with Crippen LogP contribution in [0.2, 0.25) is 10.0 Å². The number of carbonyl (C=O) groups excluding carboxylic acids is 2. The monoisotopic (exact) mass is 405 g/mol. The molecule has 5 nitrogen and oxygen atoms in total. The lowest BCUT2D eigenvalue weighted by Crippen LogP contribution is -2.09. The van der Waals surface area contributed by atoms with Crippen LogP contribution in [0.4, 0.5) is 0 Å². The summed E-state index contributed by atoms with van der Waals surface area (Å²) in [7, 11) is 0. The lowest BCUT2D eigenvalue weighted by Gasteiger charge is -2.11. The van der Waals surface area contributed by atoms with Crippen LogP contribution in [-0.2, 0) is 16.0 Å². The maximum absolute atomic E-state index is 12.5. The van der Waals surface area contributed by atoms with Gasteiger partial charge in [0.15, 0.2) is 5.78 Å². The quantitative estimate of drug-likeness (QED) is 0.533. The van der Waals surface area contributed by atoms with Gasteiger partial charge in [-0.25, -0.2) is 0 Å². The smallest absolute Gasteiger partial charge is 0.306 e. The van der Waals surface area contributed by atoms with Gasteiger partial charge in [0.2, 0.25) is 0 Å². The van der Waals surface area contributed by atoms with Gasteiger partial charge < -0.3 is 9.84 Å². The van der Waals surface area contributed by atoms with Crippen molar-refractivity contribution < 1.29 is 19.4 Å². The van der Waals surface area contributed by atoms with Crippen LogP contribution < -0.4 is 0 Å². The zero-order chi connectivity index (χ0) is 20.0. The van der Waals surface area contributed by atoms with Crippen LogP contribution in [0.3, 0.4) is 0 Å². The summed E-state index contributed by atoms with van der Waals surface area (Å²) in [5, 5.41) is 20.4. The fourth-order valence-electron chi connectivity index (χ4n) is 2.58. The molecule has 0 aliphatic heterocycles. The van der Waals surface area contributed by atoms with E-state index in [4.69, 9.17) is 27.9 Å². The van der Waals surface area contributed by atoms with Gasteiger partial charge in [-0.2, -0.15) is 5.26 Å². The van der Waals surface area contributed by atoms with E-state index in [1.807, 2.05) is 6.07 Å². The number of phenolic OH excluding ortho intramolecular Hbond substituents is 1. The van der Waals surface area contributed by atoms with Crippen LogP contribution >= 0.6 is 23.2 Å². The number of Topliss-reactive ketones (excluding diaryl/α,β-unsaturated/α-hetero) is 1. The first kappa shape index (κ1) is 20.8. The second-order valence-electron chi connectivity index (χ2n) is 5.76. The molecule has 7 heteroatoms. The van der Waals surface area contributed by atoms with Crippen molar-refractivity contribution in [2.24, 2.45) is 0 Å². The Labute approximate surface area is 167 Å². The summed E-state index contributed by atoms with van der Waals surface area (Å²) >= 11 is 12.4. The Balaban J connectivity index is 2.33. The number of ketones is 1. The number of halogens is 2. The highest BCUT2D eigenvalue weighted by atomic mass is 35.5. The van der Waals surface area contributed by atoms with Gasteiger partial charge in [0.1, 0.15) is 11.8 Å². The molecule has 0 unspecified atom stereocenters. The molecule has 0 saturated heterocycles. The van der Waals surface area contributed by atoms with Crippen LogP contribution in [0.15, 0.2) is 30.3 Å². The van der Waals surface area contributed by atoms with Crippen molar-refractivity contribution in [2.45, 2.75) is 26.2 Å². The maximum Gasteiger partial charge on any atom is 0.306 e. The minimum absolute atomic E-state index is 0.0171. The fourth-order valence-corrected chi connectivity index (χ4v) is 3.11. The molecular formula is C20H17Cl2NO4. The molecule has 0 atom stereocenters. The van der Waals surface area contributed by atoms with Crippen LogP contribution in [0.5, 0.6) is 5.75 Å². The summed E-state index contributed by atoms with van der Waals surface area (Å²) in [5.74, 6) is -1.35. The zero-order valence-electron chi connectivity index (χ0n) is 14.6. The van der Waals surface area contributed by atoms with E-state index in [0.29, 0.717) is 21.2 Å². The molecule has 1 N–H and O–H groups in total. The Kier molecular flexibility index (Phi) is 7.23. The molecule has 0 radical (unpaired) electrons. The van der Waals surface area contributed by atoms with Crippen molar-refractivity contribution >= 4 is 35.0 Å². The SMILES string of the molecule is CCOC(=O)CCC(=O)c1cc(Cc2c(Cl)cccc2Cl)cc(C#N)c1O. The third-order valence-electron chi connectivity index (χ3n) is 3.89. The molecular weight excluding hydrogens is 389 g/mol. The molecule has 0 aromatic heterocycles. The van der Waals surface area contributed by atoms with E-state index < -0.39 is 17.5 Å². The van der Waals surface area contributed by atoms with Gasteiger partial charge in [-0.05, 0) is 42.3 Å². The molecule has 0 amide bonds. The van der Waals surface area contributed by atoms with Crippen molar-refractivity contribution in [3.8, 4) is 11.8 Å². The number of phenols is 1. The highest BCUT2D eigenvalue weighted by Crippen LogP contribution is 2.31. The minimum Gasteiger partial charge on any atom is -0.506 e. The molecule has 0 saturated carbocycles. The first-order valence-corrected chi connectivity index (χ1v) is 9.00. The molecule has 0 fully saturated rings. The summed E-state index contributed by atoms with van der Waals surface area (Å²) in [6.45, 7) is 1.90. The zero-order valence-corrected chi connectivity index (χ0v) is 16.1. The Morgan fingerprint density at radius 2 is 1.85 bits per heavy atom. The number of rotatable bonds is 7. The Bertz CT molecular complexity index is 899. The van der Waals surface area contributed by atoms with Gasteiger partial charge in [0.05, 0.1) is 24.2 Å². The average molecular weight is 406 g/mol. The van der Waals surface area contributed by atoms with E-state index in [1.165, 1.54) is 12.1 Å². The lowest BCUT2D eigenvalue weighted by atomic mass is 9.96. The second-order valence-corrected chi connectivity index (χ2v) is 6.57. The van der Waals surface area contributed by atoms with E-state index in [0.717, 1.165) is 0 Å². The van der Waals surface area contributed by atoms with Crippen molar-refractivity contribution in [1.82, 2.24) is 0 Å². The normalized spacial score (nSPS) is 10.3. The largest absolute Gasteiger partial charge is 0.506 e. The predicted molar refractivity (Wildman–Crippen MR) is 102 cm³/mol. The summed E-state index contributed by atoms with van der Waals surface area (Å²) in [6, 6.07) is 9.95. The Morgan fingerprint density at radius 3 is 2.44 bits per heavy atom. The number of esters is 1. The molecule has 27 heavy (non-hydrogen) atoms. The van der Waals surface area contributed by atoms with Crippen LogP contribution in [0.25, 0.3) is 0 Å². The van der Waals surface area contributed by atoms with E-state index in [1.54, 1.807) is 25.1 Å². The number of carbonyl (C=O) groups is 2. The molecule has 2 aromatic rings. The lowest BCUT2D eigenvalue weighted by molar-refractivity contribution is -0.143. The number of ether oxygens (including phenoxy) is 1. The first-order valence-electron chi connectivity index (χ1n) is 8.25. The number of aromatic hydroxyl groups is 1. The topological polar surface area (TPSA) is 87.4 Å². The average Bonchev–Trinajstić information content (AvgIpc) is 2.64. The van der Waals surface area contributed by atoms with Gasteiger partial charge in [-0.15, -0.1) is 0 Å². The standard InChI is InChI=1S/C20H17Cl2NO4/c1-2-27-19(25)7-6-18(24)15-10-12(8-13(11-23)20(15)26)9-14-16(21)4-3-5-17(14)22/h3-5,8,10,26H,2,6-7,9H2,1H3. The number of nitriles is 1. The summed E-state index contributed by atoms with van der Waals surface area (Å²) in [5.41, 5.74) is 1.20. The molecule has 2 rings (SSSR count). The fraction of sp³-hybridized carbons (Fsp3) is 0.250. The third-order valence-corrected chi connectivity index (χ3v) is 4.60. The molecule has 2 aromatic carbocycles. The van der Waals surface area contributed by atoms with Gasteiger partial charge in [-0.1, -0.05) is 29.3 Å². The van der Waals surface area contributed by atoms with Crippen LogP contribution in [0, 0.1) is 11.3 Å². The van der Waals surface area contributed by atoms with Crippen molar-refractivity contribution in [1.29, 1.82) is 5.26 Å². The first-order chi connectivity index (χ1) is 12.9. The summed E-state index contributed by atoms with van der Waals surface area (Å²) < 4.78 is 4.80. The van der Waals surface area contributed by atoms with Gasteiger partial charge >= 0.3 is 5.97 Å². The van der Waals surface area contributed by atoms with E-state index in [2.05, 4.69) is 0 Å². The molecule has 0 aliphatic carbocycles. The highest BCUT2D eigenvalue weighted by molar-refractivity contribution is 6.36. The number of hydrogen-bond acceptors (Lipinski definition) is 5. The Hall–Kier alpha value is -2.55. The maximum atomic E-state index is 12.5. The third kappa shape index (κ3) is 5.22. The number of benzene rings is 2. The van der Waals surface area contributed by atoms with E-state index in [-0.39, 0.29) is 37.0 Å². The minimum atomic E-state index is -0.496. The number of hydrogen-bond donors (Lipinski definition) is 1. The second kappa shape index (κ2) is 9.40. The summed E-state index contributed by atoms with van der Waals surface area (Å²) in [6.07, 6.45) is 0.0494. The number of nitrogens with zero attached hydrogens (tertiary/aromatic N) is 1. The molecule has 0 aliphatic rings. The molecule has 0 heterocycles. The van der Waals surface area contributed by atoms with Crippen LogP contribution in [-0.4, -0.2) is 23.5 Å². The van der Waals surface area contributed by atoms with Crippen LogP contribution in [0.1, 0.15) is 46.8 Å². The van der Waals surface area contributed by atoms with E-state index in [9.17, 15) is 20.0 Å².